The van der Waals surface area contributed by atoms with Crippen LogP contribution in [0.15, 0.2) is 59.2 Å². The van der Waals surface area contributed by atoms with Gasteiger partial charge in [0.05, 0.1) is 18.4 Å². The highest BCUT2D eigenvalue weighted by Crippen LogP contribution is 2.30. The zero-order chi connectivity index (χ0) is 20.1. The van der Waals surface area contributed by atoms with Gasteiger partial charge in [0.25, 0.3) is 11.8 Å². The van der Waals surface area contributed by atoms with Crippen molar-refractivity contribution in [2.45, 2.75) is 6.92 Å². The number of nitrogens with zero attached hydrogens (tertiary/aromatic N) is 2. The smallest absolute Gasteiger partial charge is 0.283 e. The number of rotatable bonds is 5. The van der Waals surface area contributed by atoms with E-state index >= 15 is 0 Å². The molecule has 1 aliphatic rings. The molecule has 0 fully saturated rings. The fraction of sp³-hybridized carbons (Fsp3) is 0.136. The minimum atomic E-state index is -0.474. The fourth-order valence-corrected chi connectivity index (χ4v) is 2.70. The van der Waals surface area contributed by atoms with Gasteiger partial charge in [-0.2, -0.15) is 10.1 Å². The highest BCUT2D eigenvalue weighted by Gasteiger charge is 2.32. The summed E-state index contributed by atoms with van der Waals surface area (Å²) in [4.78, 5) is 25.3. The van der Waals surface area contributed by atoms with Crippen LogP contribution in [0.5, 0.6) is 11.5 Å². The van der Waals surface area contributed by atoms with Crippen molar-refractivity contribution < 1.29 is 19.1 Å². The van der Waals surface area contributed by atoms with E-state index in [1.807, 2.05) is 0 Å². The number of methoxy groups -OCH3 is 1. The Bertz CT molecular complexity index is 1020. The van der Waals surface area contributed by atoms with E-state index in [0.29, 0.717) is 33.9 Å². The fourth-order valence-electron chi connectivity index (χ4n) is 2.70. The number of terminal acetylenes is 1. The van der Waals surface area contributed by atoms with E-state index in [4.69, 9.17) is 15.9 Å². The molecule has 3 rings (SSSR count). The Labute approximate surface area is 163 Å². The summed E-state index contributed by atoms with van der Waals surface area (Å²) in [5.74, 6) is 2.45. The first kappa shape index (κ1) is 18.9. The van der Waals surface area contributed by atoms with Crippen LogP contribution in [-0.4, -0.2) is 36.3 Å². The molecule has 2 aromatic rings. The zero-order valence-electron chi connectivity index (χ0n) is 15.5. The van der Waals surface area contributed by atoms with Gasteiger partial charge < -0.3 is 9.47 Å². The van der Waals surface area contributed by atoms with Gasteiger partial charge in [0.1, 0.15) is 6.61 Å². The van der Waals surface area contributed by atoms with Crippen LogP contribution in [0.3, 0.4) is 0 Å². The summed E-state index contributed by atoms with van der Waals surface area (Å²) in [6.07, 6.45) is 6.87. The Balaban J connectivity index is 1.87. The summed E-state index contributed by atoms with van der Waals surface area (Å²) in [5.41, 5.74) is 1.90. The first-order valence-electron chi connectivity index (χ1n) is 8.50. The first-order valence-corrected chi connectivity index (χ1v) is 8.50. The second-order valence-corrected chi connectivity index (χ2v) is 5.93. The van der Waals surface area contributed by atoms with Crippen LogP contribution in [0.4, 0.5) is 0 Å². The molecule has 0 saturated heterocycles. The molecule has 0 atom stereocenters. The van der Waals surface area contributed by atoms with Crippen LogP contribution in [0, 0.1) is 12.3 Å². The predicted octanol–water partition coefficient (Wildman–Crippen LogP) is 3.15. The number of hydrazone groups is 1. The van der Waals surface area contributed by atoms with E-state index in [1.165, 1.54) is 7.11 Å². The van der Waals surface area contributed by atoms with Crippen LogP contribution in [0.1, 0.15) is 22.8 Å². The van der Waals surface area contributed by atoms with Crippen molar-refractivity contribution in [3.63, 3.8) is 0 Å². The lowest BCUT2D eigenvalue weighted by Crippen LogP contribution is -2.29. The highest BCUT2D eigenvalue weighted by atomic mass is 16.5. The Kier molecular flexibility index (Phi) is 5.56. The quantitative estimate of drug-likeness (QED) is 0.458. The SMILES string of the molecule is C#CCOc1ccc(/C=C2/C(=O)N(C(=O)c3ccccc3)N=C2C)cc1OC. The monoisotopic (exact) mass is 374 g/mol. The molecule has 0 aliphatic carbocycles. The van der Waals surface area contributed by atoms with Gasteiger partial charge in [-0.15, -0.1) is 6.42 Å². The molecular formula is C22H18N2O4. The van der Waals surface area contributed by atoms with Gasteiger partial charge in [-0.3, -0.25) is 9.59 Å². The molecule has 6 heteroatoms. The number of carbonyl (C=O) groups is 2. The van der Waals surface area contributed by atoms with E-state index < -0.39 is 11.8 Å². The van der Waals surface area contributed by atoms with Gasteiger partial charge in [-0.25, -0.2) is 0 Å². The molecule has 1 heterocycles. The number of amides is 2. The first-order chi connectivity index (χ1) is 13.5. The standard InChI is InChI=1S/C22H18N2O4/c1-4-12-28-19-11-10-16(14-20(19)27-3)13-18-15(2)23-24(22(18)26)21(25)17-8-6-5-7-9-17/h1,5-11,13-14H,12H2,2-3H3/b18-13+. The van der Waals surface area contributed by atoms with Crippen molar-refractivity contribution in [1.29, 1.82) is 0 Å². The zero-order valence-corrected chi connectivity index (χ0v) is 15.5. The van der Waals surface area contributed by atoms with Gasteiger partial charge in [0.15, 0.2) is 11.5 Å². The molecular weight excluding hydrogens is 356 g/mol. The molecule has 28 heavy (non-hydrogen) atoms. The minimum Gasteiger partial charge on any atom is -0.493 e. The molecule has 2 amide bonds. The Morgan fingerprint density at radius 1 is 1.21 bits per heavy atom. The van der Waals surface area contributed by atoms with Crippen LogP contribution in [-0.2, 0) is 4.79 Å². The van der Waals surface area contributed by atoms with Gasteiger partial charge in [0.2, 0.25) is 0 Å². The van der Waals surface area contributed by atoms with Crippen molar-refractivity contribution in [3.05, 3.63) is 65.2 Å². The normalized spacial score (nSPS) is 14.6. The van der Waals surface area contributed by atoms with Crippen LogP contribution in [0.25, 0.3) is 6.08 Å². The summed E-state index contributed by atoms with van der Waals surface area (Å²) in [6, 6.07) is 13.7. The lowest BCUT2D eigenvalue weighted by molar-refractivity contribution is -0.123. The third-order valence-electron chi connectivity index (χ3n) is 4.09. The second kappa shape index (κ2) is 8.23. The lowest BCUT2D eigenvalue weighted by atomic mass is 10.1. The van der Waals surface area contributed by atoms with Gasteiger partial charge in [0, 0.05) is 5.56 Å². The average molecular weight is 374 g/mol. The van der Waals surface area contributed by atoms with Crippen molar-refractivity contribution in [2.24, 2.45) is 5.10 Å². The summed E-state index contributed by atoms with van der Waals surface area (Å²) in [6.45, 7) is 1.81. The van der Waals surface area contributed by atoms with Crippen molar-refractivity contribution >= 4 is 23.6 Å². The molecule has 140 valence electrons. The third-order valence-corrected chi connectivity index (χ3v) is 4.09. The maximum absolute atomic E-state index is 12.7. The average Bonchev–Trinajstić information content (AvgIpc) is 3.01. The molecule has 0 saturated carbocycles. The molecule has 0 radical (unpaired) electrons. The van der Waals surface area contributed by atoms with E-state index in [-0.39, 0.29) is 6.61 Å². The number of imide groups is 1. The summed E-state index contributed by atoms with van der Waals surface area (Å²) < 4.78 is 10.7. The molecule has 0 spiro atoms. The molecule has 0 N–H and O–H groups in total. The van der Waals surface area contributed by atoms with Crippen molar-refractivity contribution in [2.75, 3.05) is 13.7 Å². The Morgan fingerprint density at radius 2 is 1.96 bits per heavy atom. The van der Waals surface area contributed by atoms with E-state index in [0.717, 1.165) is 5.01 Å². The third kappa shape index (κ3) is 3.79. The van der Waals surface area contributed by atoms with Crippen molar-refractivity contribution in [3.8, 4) is 23.8 Å². The molecule has 0 aromatic heterocycles. The van der Waals surface area contributed by atoms with Crippen LogP contribution in [0.2, 0.25) is 0 Å². The number of benzene rings is 2. The Hall–Kier alpha value is -3.85. The molecule has 0 unspecified atom stereocenters. The summed E-state index contributed by atoms with van der Waals surface area (Å²) in [7, 11) is 1.52. The van der Waals surface area contributed by atoms with Crippen LogP contribution >= 0.6 is 0 Å². The minimum absolute atomic E-state index is 0.123. The molecule has 0 bridgehead atoms. The molecule has 6 nitrogen and oxygen atoms in total. The van der Waals surface area contributed by atoms with Crippen molar-refractivity contribution in [1.82, 2.24) is 5.01 Å². The number of carbonyl (C=O) groups excluding carboxylic acids is 2. The topological polar surface area (TPSA) is 68.2 Å². The molecule has 2 aromatic carbocycles. The van der Waals surface area contributed by atoms with Crippen LogP contribution < -0.4 is 9.47 Å². The highest BCUT2D eigenvalue weighted by molar-refractivity contribution is 6.30. The molecule has 1 aliphatic heterocycles. The van der Waals surface area contributed by atoms with E-state index in [9.17, 15) is 9.59 Å². The number of hydrogen-bond acceptors (Lipinski definition) is 5. The summed E-state index contributed by atoms with van der Waals surface area (Å²) in [5, 5.41) is 5.02. The van der Waals surface area contributed by atoms with Gasteiger partial charge in [-0.05, 0) is 42.8 Å². The van der Waals surface area contributed by atoms with E-state index in [2.05, 4.69) is 11.0 Å². The maximum atomic E-state index is 12.7. The predicted molar refractivity (Wildman–Crippen MR) is 106 cm³/mol. The maximum Gasteiger partial charge on any atom is 0.283 e. The largest absolute Gasteiger partial charge is 0.493 e. The number of ether oxygens (including phenoxy) is 2. The Morgan fingerprint density at radius 3 is 2.64 bits per heavy atom. The van der Waals surface area contributed by atoms with E-state index in [1.54, 1.807) is 61.5 Å². The van der Waals surface area contributed by atoms with Gasteiger partial charge >= 0.3 is 0 Å². The lowest BCUT2D eigenvalue weighted by Gasteiger charge is -2.10. The van der Waals surface area contributed by atoms with Gasteiger partial charge in [-0.1, -0.05) is 30.2 Å². The summed E-state index contributed by atoms with van der Waals surface area (Å²) >= 11 is 0. The second-order valence-electron chi connectivity index (χ2n) is 5.93. The number of hydrogen-bond donors (Lipinski definition) is 0.